The number of halogens is 3. The van der Waals surface area contributed by atoms with Gasteiger partial charge in [-0.3, -0.25) is 4.79 Å². The first-order valence-corrected chi connectivity index (χ1v) is 11.8. The van der Waals surface area contributed by atoms with Gasteiger partial charge in [-0.15, -0.1) is 0 Å². The summed E-state index contributed by atoms with van der Waals surface area (Å²) in [6.07, 6.45) is -2.49. The van der Waals surface area contributed by atoms with E-state index in [1.165, 1.54) is 6.07 Å². The van der Waals surface area contributed by atoms with E-state index in [2.05, 4.69) is 20.9 Å². The maximum absolute atomic E-state index is 13.3. The Kier molecular flexibility index (Phi) is 5.55. The summed E-state index contributed by atoms with van der Waals surface area (Å²) in [7, 11) is 1.15. The maximum Gasteiger partial charge on any atom is 0.420 e. The molecule has 2 aliphatic heterocycles. The Morgan fingerprint density at radius 2 is 1.97 bits per heavy atom. The van der Waals surface area contributed by atoms with E-state index in [0.29, 0.717) is 35.9 Å². The van der Waals surface area contributed by atoms with E-state index in [-0.39, 0.29) is 35.4 Å². The van der Waals surface area contributed by atoms with Crippen LogP contribution in [-0.2, 0) is 17.4 Å². The van der Waals surface area contributed by atoms with E-state index >= 15 is 0 Å². The number of rotatable bonds is 5. The lowest BCUT2D eigenvalue weighted by Gasteiger charge is -2.19. The Hall–Kier alpha value is -4.48. The highest BCUT2D eigenvalue weighted by Gasteiger charge is 2.59. The number of nitrogens with zero attached hydrogens (tertiary/aromatic N) is 1. The van der Waals surface area contributed by atoms with E-state index in [9.17, 15) is 22.8 Å². The second-order valence-corrected chi connectivity index (χ2v) is 9.13. The highest BCUT2D eigenvalue weighted by molar-refractivity contribution is 5.93. The standard InChI is InChI=1S/C26H21F3N4O5/c1-36-19-5-2-12(10-16(19)26(27,28)29)31-25(35)33-22-21-15-11-13(3-6-17(15)38-23(21)22)37-18-8-9-30-24-14(18)4-7-20(34)32-24/h2-3,5-6,8-11,21-23H,4,7H2,1H3,(H,30,32,34)(H2,31,33,35)/t21-,22-,23-/m0/s1. The molecule has 1 aromatic heterocycles. The van der Waals surface area contributed by atoms with E-state index in [0.717, 1.165) is 30.4 Å². The summed E-state index contributed by atoms with van der Waals surface area (Å²) in [5.41, 5.74) is 0.674. The van der Waals surface area contributed by atoms with Gasteiger partial charge in [0.1, 0.15) is 34.9 Å². The van der Waals surface area contributed by atoms with Gasteiger partial charge in [-0.25, -0.2) is 9.78 Å². The average Bonchev–Trinajstić information content (AvgIpc) is 3.39. The summed E-state index contributed by atoms with van der Waals surface area (Å²) in [5.74, 6) is 1.78. The van der Waals surface area contributed by atoms with Gasteiger partial charge in [0.2, 0.25) is 5.91 Å². The molecule has 2 aromatic carbocycles. The molecule has 0 saturated heterocycles. The van der Waals surface area contributed by atoms with Crippen LogP contribution in [0.25, 0.3) is 0 Å². The van der Waals surface area contributed by atoms with Gasteiger partial charge >= 0.3 is 12.2 Å². The van der Waals surface area contributed by atoms with Gasteiger partial charge in [0.25, 0.3) is 0 Å². The number of fused-ring (bicyclic) bond motifs is 4. The van der Waals surface area contributed by atoms with E-state index in [1.54, 1.807) is 24.4 Å². The number of methoxy groups -OCH3 is 1. The molecule has 0 unspecified atom stereocenters. The topological polar surface area (TPSA) is 111 Å². The zero-order valence-electron chi connectivity index (χ0n) is 19.9. The Labute approximate surface area is 214 Å². The monoisotopic (exact) mass is 526 g/mol. The molecule has 0 spiro atoms. The second-order valence-electron chi connectivity index (χ2n) is 9.13. The molecule has 3 heterocycles. The van der Waals surface area contributed by atoms with Gasteiger partial charge in [0, 0.05) is 29.4 Å². The molecule has 0 radical (unpaired) electrons. The second kappa shape index (κ2) is 8.82. The fourth-order valence-corrected chi connectivity index (χ4v) is 4.88. The molecule has 3 amide bonds. The Bertz CT molecular complexity index is 1460. The van der Waals surface area contributed by atoms with Gasteiger partial charge in [0.05, 0.1) is 24.6 Å². The van der Waals surface area contributed by atoms with Crippen LogP contribution < -0.4 is 30.2 Å². The Morgan fingerprint density at radius 1 is 1.13 bits per heavy atom. The summed E-state index contributed by atoms with van der Waals surface area (Å²) in [4.78, 5) is 28.4. The van der Waals surface area contributed by atoms with Crippen molar-refractivity contribution in [1.82, 2.24) is 10.3 Å². The van der Waals surface area contributed by atoms with Crippen LogP contribution in [0.5, 0.6) is 23.0 Å². The van der Waals surface area contributed by atoms with E-state index in [4.69, 9.17) is 14.2 Å². The minimum atomic E-state index is -4.63. The molecule has 3 atom stereocenters. The predicted molar refractivity (Wildman–Crippen MR) is 129 cm³/mol. The summed E-state index contributed by atoms with van der Waals surface area (Å²) >= 11 is 0. The lowest BCUT2D eigenvalue weighted by atomic mass is 10.1. The van der Waals surface area contributed by atoms with Crippen molar-refractivity contribution in [3.63, 3.8) is 0 Å². The molecule has 3 aliphatic rings. The quantitative estimate of drug-likeness (QED) is 0.439. The highest BCUT2D eigenvalue weighted by atomic mass is 19.4. The number of hydrogen-bond acceptors (Lipinski definition) is 6. The lowest BCUT2D eigenvalue weighted by molar-refractivity contribution is -0.138. The summed E-state index contributed by atoms with van der Waals surface area (Å²) in [6, 6.07) is 9.45. The van der Waals surface area contributed by atoms with Crippen molar-refractivity contribution in [1.29, 1.82) is 0 Å². The van der Waals surface area contributed by atoms with Crippen molar-refractivity contribution in [2.75, 3.05) is 17.7 Å². The number of hydrogen-bond donors (Lipinski definition) is 3. The summed E-state index contributed by atoms with van der Waals surface area (Å²) in [6.45, 7) is 0. The molecule has 6 rings (SSSR count). The smallest absolute Gasteiger partial charge is 0.420 e. The highest BCUT2D eigenvalue weighted by Crippen LogP contribution is 2.54. The zero-order valence-corrected chi connectivity index (χ0v) is 19.9. The third-order valence-electron chi connectivity index (χ3n) is 6.72. The van der Waals surface area contributed by atoms with Crippen molar-refractivity contribution in [3.05, 3.63) is 65.4 Å². The number of benzene rings is 2. The fourth-order valence-electron chi connectivity index (χ4n) is 4.88. The molecular weight excluding hydrogens is 505 g/mol. The Balaban J connectivity index is 1.13. The number of anilines is 2. The third-order valence-corrected chi connectivity index (χ3v) is 6.72. The molecule has 196 valence electrons. The number of aromatic nitrogens is 1. The number of urea groups is 1. The molecule has 3 aromatic rings. The Morgan fingerprint density at radius 3 is 2.76 bits per heavy atom. The molecule has 1 saturated carbocycles. The number of amides is 3. The van der Waals surface area contributed by atoms with Crippen LogP contribution in [0.4, 0.5) is 29.5 Å². The van der Waals surface area contributed by atoms with Gasteiger partial charge in [-0.1, -0.05) is 0 Å². The van der Waals surface area contributed by atoms with Crippen LogP contribution in [0.1, 0.15) is 29.0 Å². The molecule has 0 bridgehead atoms. The third kappa shape index (κ3) is 4.31. The number of alkyl halides is 3. The van der Waals surface area contributed by atoms with Crippen molar-refractivity contribution < 1.29 is 37.0 Å². The summed E-state index contributed by atoms with van der Waals surface area (Å²) in [5, 5.41) is 7.95. The van der Waals surface area contributed by atoms with Crippen molar-refractivity contribution in [2.24, 2.45) is 0 Å². The van der Waals surface area contributed by atoms with Crippen molar-refractivity contribution in [2.45, 2.75) is 37.1 Å². The van der Waals surface area contributed by atoms with Crippen LogP contribution >= 0.6 is 0 Å². The zero-order chi connectivity index (χ0) is 26.6. The first-order valence-electron chi connectivity index (χ1n) is 11.8. The molecule has 1 aliphatic carbocycles. The summed E-state index contributed by atoms with van der Waals surface area (Å²) < 4.78 is 56.7. The van der Waals surface area contributed by atoms with Crippen LogP contribution in [0, 0.1) is 0 Å². The van der Waals surface area contributed by atoms with Gasteiger partial charge < -0.3 is 30.2 Å². The molecular formula is C26H21F3N4O5. The minimum Gasteiger partial charge on any atom is -0.496 e. The van der Waals surface area contributed by atoms with Gasteiger partial charge in [-0.05, 0) is 48.9 Å². The van der Waals surface area contributed by atoms with Crippen LogP contribution in [0.15, 0.2) is 48.7 Å². The first kappa shape index (κ1) is 23.9. The van der Waals surface area contributed by atoms with Crippen LogP contribution in [0.2, 0.25) is 0 Å². The molecule has 1 fully saturated rings. The van der Waals surface area contributed by atoms with Crippen molar-refractivity contribution >= 4 is 23.4 Å². The number of carbonyl (C=O) groups excluding carboxylic acids is 2. The largest absolute Gasteiger partial charge is 0.496 e. The molecule has 12 heteroatoms. The molecule has 3 N–H and O–H groups in total. The van der Waals surface area contributed by atoms with Gasteiger partial charge in [0.15, 0.2) is 0 Å². The van der Waals surface area contributed by atoms with E-state index < -0.39 is 17.8 Å². The maximum atomic E-state index is 13.3. The minimum absolute atomic E-state index is 0.0182. The van der Waals surface area contributed by atoms with E-state index in [1.807, 2.05) is 6.07 Å². The van der Waals surface area contributed by atoms with Crippen LogP contribution in [0.3, 0.4) is 0 Å². The van der Waals surface area contributed by atoms with Gasteiger partial charge in [-0.2, -0.15) is 13.2 Å². The SMILES string of the molecule is COc1ccc(NC(=O)N[C@@H]2[C@H]3Oc4ccc(Oc5ccnc6c5CCC(=O)N6)cc4[C@@H]23)cc1C(F)(F)F. The molecule has 9 nitrogen and oxygen atoms in total. The number of carbonyl (C=O) groups is 2. The lowest BCUT2D eigenvalue weighted by Crippen LogP contribution is -2.34. The normalized spacial score (nSPS) is 20.7. The van der Waals surface area contributed by atoms with Crippen molar-refractivity contribution in [3.8, 4) is 23.0 Å². The first-order chi connectivity index (χ1) is 18.2. The predicted octanol–water partition coefficient (Wildman–Crippen LogP) is 4.83. The van der Waals surface area contributed by atoms with Crippen LogP contribution in [-0.4, -0.2) is 36.2 Å². The number of nitrogens with one attached hydrogen (secondary N) is 3. The fraction of sp³-hybridized carbons (Fsp3) is 0.269. The number of ether oxygens (including phenoxy) is 3. The average molecular weight is 526 g/mol. The molecule has 38 heavy (non-hydrogen) atoms. The number of pyridine rings is 1.